The third-order valence-electron chi connectivity index (χ3n) is 1.94. The average Bonchev–Trinajstić information content (AvgIpc) is 2.30. The highest BCUT2D eigenvalue weighted by molar-refractivity contribution is 6.29. The van der Waals surface area contributed by atoms with Crippen molar-refractivity contribution in [2.24, 2.45) is 0 Å². The molecule has 0 saturated heterocycles. The minimum atomic E-state index is -0.284. The van der Waals surface area contributed by atoms with Crippen molar-refractivity contribution in [3.05, 3.63) is 18.2 Å². The highest BCUT2D eigenvalue weighted by Gasteiger charge is 2.10. The lowest BCUT2D eigenvalue weighted by atomic mass is 10.2. The molecule has 0 heterocycles. The topological polar surface area (TPSA) is 47.6 Å². The van der Waals surface area contributed by atoms with Crippen molar-refractivity contribution in [3.8, 4) is 11.5 Å². The molecule has 17 heavy (non-hydrogen) atoms. The Hall–Kier alpha value is -1.42. The number of benzene rings is 1. The molecular weight excluding hydrogens is 242 g/mol. The maximum Gasteiger partial charge on any atom is 0.239 e. The standard InChI is InChI=1S/C12H16ClNO3/c1-8(2)17-11-5-4-9(16-3)6-10(11)14-12(15)7-13/h4-6,8H,7H2,1-3H3,(H,14,15). The maximum atomic E-state index is 11.3. The fraction of sp³-hybridized carbons (Fsp3) is 0.417. The molecule has 0 aromatic heterocycles. The molecule has 0 atom stereocenters. The van der Waals surface area contributed by atoms with Crippen molar-refractivity contribution in [2.75, 3.05) is 18.3 Å². The van der Waals surface area contributed by atoms with Gasteiger partial charge in [-0.1, -0.05) is 0 Å². The van der Waals surface area contributed by atoms with Crippen LogP contribution in [0.4, 0.5) is 5.69 Å². The number of carbonyl (C=O) groups is 1. The highest BCUT2D eigenvalue weighted by Crippen LogP contribution is 2.30. The largest absolute Gasteiger partial charge is 0.497 e. The molecule has 1 amide bonds. The molecule has 0 bridgehead atoms. The van der Waals surface area contributed by atoms with Gasteiger partial charge in [0.1, 0.15) is 17.4 Å². The Morgan fingerprint density at radius 3 is 2.71 bits per heavy atom. The number of alkyl halides is 1. The van der Waals surface area contributed by atoms with E-state index in [-0.39, 0.29) is 17.9 Å². The first-order chi connectivity index (χ1) is 8.06. The summed E-state index contributed by atoms with van der Waals surface area (Å²) in [5.41, 5.74) is 0.559. The predicted molar refractivity (Wildman–Crippen MR) is 68.1 cm³/mol. The molecule has 1 N–H and O–H groups in total. The predicted octanol–water partition coefficient (Wildman–Crippen LogP) is 2.66. The summed E-state index contributed by atoms with van der Waals surface area (Å²) in [6.45, 7) is 3.83. The van der Waals surface area contributed by atoms with E-state index in [4.69, 9.17) is 21.1 Å². The van der Waals surface area contributed by atoms with Gasteiger partial charge in [0.25, 0.3) is 0 Å². The summed E-state index contributed by atoms with van der Waals surface area (Å²) in [5, 5.41) is 2.66. The number of hydrogen-bond acceptors (Lipinski definition) is 3. The highest BCUT2D eigenvalue weighted by atomic mass is 35.5. The van der Waals surface area contributed by atoms with Crippen LogP contribution in [0.5, 0.6) is 11.5 Å². The second-order valence-corrected chi connectivity index (χ2v) is 3.98. The summed E-state index contributed by atoms with van der Waals surface area (Å²) in [7, 11) is 1.56. The first-order valence-corrected chi connectivity index (χ1v) is 5.80. The van der Waals surface area contributed by atoms with Crippen molar-refractivity contribution in [2.45, 2.75) is 20.0 Å². The summed E-state index contributed by atoms with van der Waals surface area (Å²) in [4.78, 5) is 11.3. The molecule has 0 aliphatic heterocycles. The third-order valence-corrected chi connectivity index (χ3v) is 2.19. The van der Waals surface area contributed by atoms with E-state index >= 15 is 0 Å². The van der Waals surface area contributed by atoms with E-state index in [1.54, 1.807) is 25.3 Å². The second-order valence-electron chi connectivity index (χ2n) is 3.71. The van der Waals surface area contributed by atoms with Crippen LogP contribution >= 0.6 is 11.6 Å². The fourth-order valence-electron chi connectivity index (χ4n) is 1.27. The van der Waals surface area contributed by atoms with Crippen LogP contribution in [0.15, 0.2) is 18.2 Å². The average molecular weight is 258 g/mol. The van der Waals surface area contributed by atoms with Gasteiger partial charge in [-0.15, -0.1) is 11.6 Å². The van der Waals surface area contributed by atoms with Gasteiger partial charge in [-0.3, -0.25) is 4.79 Å². The number of hydrogen-bond donors (Lipinski definition) is 1. The van der Waals surface area contributed by atoms with E-state index < -0.39 is 0 Å². The molecule has 0 aliphatic carbocycles. The zero-order valence-corrected chi connectivity index (χ0v) is 10.9. The zero-order valence-electron chi connectivity index (χ0n) is 10.1. The van der Waals surface area contributed by atoms with E-state index in [1.807, 2.05) is 13.8 Å². The first-order valence-electron chi connectivity index (χ1n) is 5.27. The minimum absolute atomic E-state index is 0.0232. The van der Waals surface area contributed by atoms with Crippen LogP contribution < -0.4 is 14.8 Å². The van der Waals surface area contributed by atoms with Crippen LogP contribution in [-0.4, -0.2) is 25.0 Å². The van der Waals surface area contributed by atoms with Crippen LogP contribution in [-0.2, 0) is 4.79 Å². The van der Waals surface area contributed by atoms with E-state index in [1.165, 1.54) is 0 Å². The van der Waals surface area contributed by atoms with E-state index in [0.29, 0.717) is 17.2 Å². The molecule has 0 saturated carbocycles. The van der Waals surface area contributed by atoms with E-state index in [9.17, 15) is 4.79 Å². The van der Waals surface area contributed by atoms with Crippen LogP contribution in [0.1, 0.15) is 13.8 Å². The van der Waals surface area contributed by atoms with Gasteiger partial charge >= 0.3 is 0 Å². The van der Waals surface area contributed by atoms with Gasteiger partial charge in [0.2, 0.25) is 5.91 Å². The van der Waals surface area contributed by atoms with Crippen LogP contribution in [0, 0.1) is 0 Å². The number of amides is 1. The molecule has 5 heteroatoms. The monoisotopic (exact) mass is 257 g/mol. The third kappa shape index (κ3) is 4.15. The Balaban J connectivity index is 2.98. The van der Waals surface area contributed by atoms with Crippen molar-refractivity contribution in [3.63, 3.8) is 0 Å². The smallest absolute Gasteiger partial charge is 0.239 e. The van der Waals surface area contributed by atoms with Gasteiger partial charge in [-0.05, 0) is 26.0 Å². The summed E-state index contributed by atoms with van der Waals surface area (Å²) in [5.74, 6) is 0.858. The lowest BCUT2D eigenvalue weighted by molar-refractivity contribution is -0.113. The van der Waals surface area contributed by atoms with Gasteiger partial charge in [0.15, 0.2) is 0 Å². The van der Waals surface area contributed by atoms with Gasteiger partial charge < -0.3 is 14.8 Å². The number of nitrogens with one attached hydrogen (secondary N) is 1. The molecule has 4 nitrogen and oxygen atoms in total. The van der Waals surface area contributed by atoms with Gasteiger partial charge in [0, 0.05) is 6.07 Å². The molecule has 0 aliphatic rings. The Morgan fingerprint density at radius 2 is 2.18 bits per heavy atom. The Morgan fingerprint density at radius 1 is 1.47 bits per heavy atom. The number of methoxy groups -OCH3 is 1. The molecule has 0 fully saturated rings. The van der Waals surface area contributed by atoms with Gasteiger partial charge in [-0.25, -0.2) is 0 Å². The Bertz CT molecular complexity index is 393. The van der Waals surface area contributed by atoms with Crippen molar-refractivity contribution in [1.29, 1.82) is 0 Å². The fourth-order valence-corrected chi connectivity index (χ4v) is 1.34. The van der Waals surface area contributed by atoms with Crippen molar-refractivity contribution < 1.29 is 14.3 Å². The summed E-state index contributed by atoms with van der Waals surface area (Å²) < 4.78 is 10.7. The molecule has 1 aromatic rings. The minimum Gasteiger partial charge on any atom is -0.497 e. The van der Waals surface area contributed by atoms with Crippen LogP contribution in [0.3, 0.4) is 0 Å². The lowest BCUT2D eigenvalue weighted by Gasteiger charge is -2.15. The number of anilines is 1. The molecule has 0 unspecified atom stereocenters. The van der Waals surface area contributed by atoms with Crippen LogP contribution in [0.2, 0.25) is 0 Å². The summed E-state index contributed by atoms with van der Waals surface area (Å²) in [6, 6.07) is 5.22. The van der Waals surface area contributed by atoms with E-state index in [2.05, 4.69) is 5.32 Å². The summed E-state index contributed by atoms with van der Waals surface area (Å²) in [6.07, 6.45) is 0.0232. The van der Waals surface area contributed by atoms with Gasteiger partial charge in [0.05, 0.1) is 18.9 Å². The zero-order chi connectivity index (χ0) is 12.8. The summed E-state index contributed by atoms with van der Waals surface area (Å²) >= 11 is 5.45. The van der Waals surface area contributed by atoms with Crippen molar-refractivity contribution in [1.82, 2.24) is 0 Å². The number of carbonyl (C=O) groups excluding carboxylic acids is 1. The van der Waals surface area contributed by atoms with Crippen LogP contribution in [0.25, 0.3) is 0 Å². The molecule has 94 valence electrons. The van der Waals surface area contributed by atoms with E-state index in [0.717, 1.165) is 0 Å². The van der Waals surface area contributed by atoms with Crippen molar-refractivity contribution >= 4 is 23.2 Å². The SMILES string of the molecule is COc1ccc(OC(C)C)c(NC(=O)CCl)c1. The number of rotatable bonds is 5. The molecule has 0 spiro atoms. The maximum absolute atomic E-state index is 11.3. The molecule has 1 aromatic carbocycles. The number of ether oxygens (including phenoxy) is 2. The van der Waals surface area contributed by atoms with Gasteiger partial charge in [-0.2, -0.15) is 0 Å². The quantitative estimate of drug-likeness (QED) is 0.825. The first kappa shape index (κ1) is 13.6. The normalized spacial score (nSPS) is 10.2. The second kappa shape index (κ2) is 6.35. The molecule has 1 rings (SSSR count). The lowest BCUT2D eigenvalue weighted by Crippen LogP contribution is -2.15. The number of halogens is 1. The molecule has 0 radical (unpaired) electrons. The Kier molecular flexibility index (Phi) is 5.10. The Labute approximate surface area is 106 Å². The molecular formula is C12H16ClNO3.